The van der Waals surface area contributed by atoms with Gasteiger partial charge >= 0.3 is 0 Å². The van der Waals surface area contributed by atoms with E-state index in [0.29, 0.717) is 12.3 Å². The van der Waals surface area contributed by atoms with Gasteiger partial charge < -0.3 is 10.1 Å². The molecule has 4 nitrogen and oxygen atoms in total. The van der Waals surface area contributed by atoms with Crippen molar-refractivity contribution < 1.29 is 9.53 Å². The first kappa shape index (κ1) is 17.7. The molecule has 1 N–H and O–H groups in total. The lowest BCUT2D eigenvalue weighted by Crippen LogP contribution is -2.28. The molecule has 0 aliphatic rings. The summed E-state index contributed by atoms with van der Waals surface area (Å²) < 4.78 is 5.88. The lowest BCUT2D eigenvalue weighted by Gasteiger charge is -2.12. The molecule has 0 atom stereocenters. The second-order valence-corrected chi connectivity index (χ2v) is 6.44. The smallest absolute Gasteiger partial charge is 0.258 e. The lowest BCUT2D eigenvalue weighted by molar-refractivity contribution is -0.123. The zero-order valence-electron chi connectivity index (χ0n) is 15.3. The number of ether oxygens (including phenoxy) is 1. The summed E-state index contributed by atoms with van der Waals surface area (Å²) in [5.41, 5.74) is 3.71. The van der Waals surface area contributed by atoms with Crippen LogP contribution in [-0.4, -0.2) is 17.5 Å². The summed E-state index contributed by atoms with van der Waals surface area (Å²) in [4.78, 5) is 17.0. The van der Waals surface area contributed by atoms with Gasteiger partial charge in [0.05, 0.1) is 11.2 Å². The number of para-hydroxylation sites is 1. The summed E-state index contributed by atoms with van der Waals surface area (Å²) in [6, 6.07) is 29.4. The Morgan fingerprint density at radius 1 is 0.857 bits per heavy atom. The van der Waals surface area contributed by atoms with Crippen LogP contribution < -0.4 is 10.1 Å². The van der Waals surface area contributed by atoms with Crippen molar-refractivity contribution in [1.29, 1.82) is 0 Å². The zero-order valence-corrected chi connectivity index (χ0v) is 15.3. The molecular weight excluding hydrogens is 348 g/mol. The Hall–Kier alpha value is -3.66. The van der Waals surface area contributed by atoms with Gasteiger partial charge in [0.15, 0.2) is 6.61 Å². The number of hydrogen-bond donors (Lipinski definition) is 1. The molecule has 138 valence electrons. The van der Waals surface area contributed by atoms with Gasteiger partial charge in [0.25, 0.3) is 5.91 Å². The Morgan fingerprint density at radius 2 is 1.54 bits per heavy atom. The minimum atomic E-state index is -0.161. The minimum absolute atomic E-state index is 0.0466. The SMILES string of the molecule is O=C(COc1cc(-c2ccccc2)nc2ccccc12)NCc1ccccc1. The summed E-state index contributed by atoms with van der Waals surface area (Å²) in [5, 5.41) is 3.77. The summed E-state index contributed by atoms with van der Waals surface area (Å²) in [6.07, 6.45) is 0. The average Bonchev–Trinajstić information content (AvgIpc) is 2.77. The maximum absolute atomic E-state index is 12.2. The van der Waals surface area contributed by atoms with Gasteiger partial charge in [-0.05, 0) is 17.7 Å². The van der Waals surface area contributed by atoms with Crippen molar-refractivity contribution in [3.8, 4) is 17.0 Å². The van der Waals surface area contributed by atoms with Crippen LogP contribution in [0.3, 0.4) is 0 Å². The van der Waals surface area contributed by atoms with Gasteiger partial charge in [-0.1, -0.05) is 72.8 Å². The van der Waals surface area contributed by atoms with E-state index in [9.17, 15) is 4.79 Å². The first-order chi connectivity index (χ1) is 13.8. The van der Waals surface area contributed by atoms with Gasteiger partial charge in [-0.15, -0.1) is 0 Å². The molecule has 4 heteroatoms. The largest absolute Gasteiger partial charge is 0.483 e. The Morgan fingerprint density at radius 3 is 2.32 bits per heavy atom. The molecule has 0 aliphatic heterocycles. The van der Waals surface area contributed by atoms with Crippen molar-refractivity contribution in [3.05, 3.63) is 96.6 Å². The van der Waals surface area contributed by atoms with Crippen LogP contribution in [0.2, 0.25) is 0 Å². The normalized spacial score (nSPS) is 10.6. The lowest BCUT2D eigenvalue weighted by atomic mass is 10.1. The molecule has 1 aromatic heterocycles. The van der Waals surface area contributed by atoms with Crippen LogP contribution in [0.5, 0.6) is 5.75 Å². The number of nitrogens with one attached hydrogen (secondary N) is 1. The van der Waals surface area contributed by atoms with Gasteiger partial charge in [-0.3, -0.25) is 4.79 Å². The molecule has 0 aliphatic carbocycles. The van der Waals surface area contributed by atoms with Crippen LogP contribution >= 0.6 is 0 Å². The highest BCUT2D eigenvalue weighted by molar-refractivity contribution is 5.88. The highest BCUT2D eigenvalue weighted by Crippen LogP contribution is 2.29. The van der Waals surface area contributed by atoms with Crippen LogP contribution in [0.1, 0.15) is 5.56 Å². The van der Waals surface area contributed by atoms with E-state index in [1.54, 1.807) is 0 Å². The van der Waals surface area contributed by atoms with E-state index in [-0.39, 0.29) is 12.5 Å². The number of fused-ring (bicyclic) bond motifs is 1. The third kappa shape index (κ3) is 4.18. The number of rotatable bonds is 6. The van der Waals surface area contributed by atoms with Crippen molar-refractivity contribution >= 4 is 16.8 Å². The number of aromatic nitrogens is 1. The first-order valence-electron chi connectivity index (χ1n) is 9.18. The number of benzene rings is 3. The average molecular weight is 368 g/mol. The van der Waals surface area contributed by atoms with E-state index in [0.717, 1.165) is 27.7 Å². The molecule has 0 fully saturated rings. The zero-order chi connectivity index (χ0) is 19.2. The van der Waals surface area contributed by atoms with E-state index in [2.05, 4.69) is 5.32 Å². The minimum Gasteiger partial charge on any atom is -0.483 e. The Balaban J connectivity index is 1.52. The Kier molecular flexibility index (Phi) is 5.29. The molecule has 0 radical (unpaired) electrons. The van der Waals surface area contributed by atoms with Crippen LogP contribution in [0.25, 0.3) is 22.2 Å². The maximum Gasteiger partial charge on any atom is 0.258 e. The van der Waals surface area contributed by atoms with Gasteiger partial charge in [-0.2, -0.15) is 0 Å². The fraction of sp³-hybridized carbons (Fsp3) is 0.0833. The Labute approximate surface area is 163 Å². The summed E-state index contributed by atoms with van der Waals surface area (Å²) in [7, 11) is 0. The fourth-order valence-corrected chi connectivity index (χ4v) is 3.01. The van der Waals surface area contributed by atoms with Crippen molar-refractivity contribution in [2.24, 2.45) is 0 Å². The molecule has 0 bridgehead atoms. The van der Waals surface area contributed by atoms with Crippen molar-refractivity contribution in [3.63, 3.8) is 0 Å². The fourth-order valence-electron chi connectivity index (χ4n) is 3.01. The third-order valence-electron chi connectivity index (χ3n) is 4.44. The second kappa shape index (κ2) is 8.35. The summed E-state index contributed by atoms with van der Waals surface area (Å²) >= 11 is 0. The van der Waals surface area contributed by atoms with E-state index in [1.165, 1.54) is 0 Å². The van der Waals surface area contributed by atoms with Crippen molar-refractivity contribution in [1.82, 2.24) is 10.3 Å². The first-order valence-corrected chi connectivity index (χ1v) is 9.18. The summed E-state index contributed by atoms with van der Waals surface area (Å²) in [6.45, 7) is 0.435. The second-order valence-electron chi connectivity index (χ2n) is 6.44. The van der Waals surface area contributed by atoms with Crippen LogP contribution in [0.15, 0.2) is 91.0 Å². The van der Waals surface area contributed by atoms with E-state index in [1.807, 2.05) is 91.0 Å². The van der Waals surface area contributed by atoms with Crippen molar-refractivity contribution in [2.45, 2.75) is 6.54 Å². The number of nitrogens with zero attached hydrogens (tertiary/aromatic N) is 1. The molecule has 0 spiro atoms. The molecule has 0 unspecified atom stereocenters. The van der Waals surface area contributed by atoms with Crippen LogP contribution in [-0.2, 0) is 11.3 Å². The molecule has 4 rings (SSSR count). The topological polar surface area (TPSA) is 51.2 Å². The molecule has 1 amide bonds. The highest BCUT2D eigenvalue weighted by atomic mass is 16.5. The molecule has 0 saturated heterocycles. The third-order valence-corrected chi connectivity index (χ3v) is 4.44. The van der Waals surface area contributed by atoms with Crippen LogP contribution in [0.4, 0.5) is 0 Å². The number of carbonyl (C=O) groups is 1. The van der Waals surface area contributed by atoms with E-state index < -0.39 is 0 Å². The summed E-state index contributed by atoms with van der Waals surface area (Å²) in [5.74, 6) is 0.491. The standard InChI is InChI=1S/C24H20N2O2/c27-24(25-16-18-9-3-1-4-10-18)17-28-23-15-22(19-11-5-2-6-12-19)26-21-14-8-7-13-20(21)23/h1-15H,16-17H2,(H,25,27). The Bertz CT molecular complexity index is 1080. The number of carbonyl (C=O) groups excluding carboxylic acids is 1. The molecule has 0 saturated carbocycles. The van der Waals surface area contributed by atoms with E-state index in [4.69, 9.17) is 9.72 Å². The molecule has 28 heavy (non-hydrogen) atoms. The number of pyridine rings is 1. The van der Waals surface area contributed by atoms with Crippen LogP contribution in [0, 0.1) is 0 Å². The maximum atomic E-state index is 12.2. The van der Waals surface area contributed by atoms with Gasteiger partial charge in [0.2, 0.25) is 0 Å². The van der Waals surface area contributed by atoms with Gasteiger partial charge in [0, 0.05) is 23.6 Å². The van der Waals surface area contributed by atoms with Gasteiger partial charge in [-0.25, -0.2) is 4.98 Å². The van der Waals surface area contributed by atoms with Crippen molar-refractivity contribution in [2.75, 3.05) is 6.61 Å². The molecule has 1 heterocycles. The number of hydrogen-bond acceptors (Lipinski definition) is 3. The monoisotopic (exact) mass is 368 g/mol. The van der Waals surface area contributed by atoms with E-state index >= 15 is 0 Å². The highest BCUT2D eigenvalue weighted by Gasteiger charge is 2.10. The molecule has 4 aromatic rings. The molecular formula is C24H20N2O2. The number of amides is 1. The predicted octanol–water partition coefficient (Wildman–Crippen LogP) is 4.60. The quantitative estimate of drug-likeness (QED) is 0.541. The molecule has 3 aromatic carbocycles. The predicted molar refractivity (Wildman–Crippen MR) is 111 cm³/mol. The van der Waals surface area contributed by atoms with Gasteiger partial charge in [0.1, 0.15) is 5.75 Å².